The molecule has 0 saturated carbocycles. The summed E-state index contributed by atoms with van der Waals surface area (Å²) in [5.41, 5.74) is 6.17. The first-order chi connectivity index (χ1) is 9.04. The molecule has 0 spiro atoms. The zero-order valence-corrected chi connectivity index (χ0v) is 11.2. The van der Waals surface area contributed by atoms with Crippen LogP contribution in [-0.4, -0.2) is 42.4 Å². The van der Waals surface area contributed by atoms with Crippen molar-refractivity contribution < 1.29 is 9.59 Å². The topological polar surface area (TPSA) is 75.4 Å². The molecule has 1 fully saturated rings. The van der Waals surface area contributed by atoms with Crippen LogP contribution in [0, 0.1) is 0 Å². The maximum absolute atomic E-state index is 11.8. The van der Waals surface area contributed by atoms with E-state index >= 15 is 0 Å². The first-order valence-corrected chi connectivity index (χ1v) is 6.50. The van der Waals surface area contributed by atoms with Gasteiger partial charge >= 0.3 is 0 Å². The van der Waals surface area contributed by atoms with Gasteiger partial charge in [-0.15, -0.1) is 0 Å². The van der Waals surface area contributed by atoms with Crippen LogP contribution >= 0.6 is 11.6 Å². The van der Waals surface area contributed by atoms with Crippen molar-refractivity contribution in [3.05, 3.63) is 34.9 Å². The van der Waals surface area contributed by atoms with E-state index in [1.54, 1.807) is 24.3 Å². The average molecular weight is 282 g/mol. The molecule has 0 unspecified atom stereocenters. The van der Waals surface area contributed by atoms with Gasteiger partial charge in [0.25, 0.3) is 5.91 Å². The van der Waals surface area contributed by atoms with Crippen molar-refractivity contribution in [1.82, 2.24) is 10.2 Å². The third-order valence-electron chi connectivity index (χ3n) is 3.04. The molecule has 1 atom stereocenters. The summed E-state index contributed by atoms with van der Waals surface area (Å²) in [7, 11) is 0. The maximum Gasteiger partial charge on any atom is 0.257 e. The van der Waals surface area contributed by atoms with E-state index in [1.165, 1.54) is 0 Å². The summed E-state index contributed by atoms with van der Waals surface area (Å²) < 4.78 is 0. The highest BCUT2D eigenvalue weighted by Crippen LogP contribution is 2.09. The van der Waals surface area contributed by atoms with Crippen molar-refractivity contribution >= 4 is 23.4 Å². The van der Waals surface area contributed by atoms with E-state index < -0.39 is 5.91 Å². The summed E-state index contributed by atoms with van der Waals surface area (Å²) in [5, 5.41) is 2.90. The minimum absolute atomic E-state index is 0.125. The van der Waals surface area contributed by atoms with Gasteiger partial charge in [-0.25, -0.2) is 0 Å². The Labute approximate surface area is 116 Å². The Kier molecular flexibility index (Phi) is 4.52. The maximum atomic E-state index is 11.8. The van der Waals surface area contributed by atoms with Crippen molar-refractivity contribution in [1.29, 1.82) is 0 Å². The first-order valence-electron chi connectivity index (χ1n) is 6.12. The van der Waals surface area contributed by atoms with Crippen LogP contribution in [-0.2, 0) is 4.79 Å². The van der Waals surface area contributed by atoms with E-state index in [-0.39, 0.29) is 18.5 Å². The normalized spacial score (nSPS) is 19.4. The summed E-state index contributed by atoms with van der Waals surface area (Å²) in [6.45, 7) is 1.69. The van der Waals surface area contributed by atoms with Gasteiger partial charge in [-0.2, -0.15) is 0 Å². The number of halogens is 1. The van der Waals surface area contributed by atoms with E-state index in [4.69, 9.17) is 17.3 Å². The van der Waals surface area contributed by atoms with Gasteiger partial charge < -0.3 is 5.73 Å². The largest absolute Gasteiger partial charge is 0.326 e. The lowest BCUT2D eigenvalue weighted by Crippen LogP contribution is -2.40. The molecule has 1 aliphatic rings. The number of imide groups is 1. The molecule has 6 heteroatoms. The van der Waals surface area contributed by atoms with E-state index in [1.807, 2.05) is 4.90 Å². The van der Waals surface area contributed by atoms with E-state index in [9.17, 15) is 9.59 Å². The van der Waals surface area contributed by atoms with Crippen LogP contribution in [0.25, 0.3) is 0 Å². The number of nitrogens with zero attached hydrogens (tertiary/aromatic N) is 1. The van der Waals surface area contributed by atoms with Crippen molar-refractivity contribution in [3.63, 3.8) is 0 Å². The Morgan fingerprint density at radius 3 is 2.63 bits per heavy atom. The van der Waals surface area contributed by atoms with Crippen molar-refractivity contribution in [2.45, 2.75) is 12.5 Å². The number of hydrogen-bond donors (Lipinski definition) is 2. The van der Waals surface area contributed by atoms with Gasteiger partial charge in [-0.05, 0) is 30.7 Å². The lowest BCUT2D eigenvalue weighted by Gasteiger charge is -2.14. The van der Waals surface area contributed by atoms with Gasteiger partial charge in [-0.1, -0.05) is 11.6 Å². The summed E-state index contributed by atoms with van der Waals surface area (Å²) in [6, 6.07) is 6.51. The molecule has 1 aromatic rings. The standard InChI is InChI=1S/C13H16ClN3O2/c14-10-3-1-9(2-4-10)13(19)16-12(18)8-17-6-5-11(15)7-17/h1-4,11H,5-8,15H2,(H,16,18,19)/t11-/m0/s1. The van der Waals surface area contributed by atoms with Crippen molar-refractivity contribution in [2.24, 2.45) is 5.73 Å². The molecule has 1 heterocycles. The summed E-state index contributed by atoms with van der Waals surface area (Å²) in [4.78, 5) is 25.4. The van der Waals surface area contributed by atoms with Gasteiger partial charge in [0.15, 0.2) is 0 Å². The lowest BCUT2D eigenvalue weighted by atomic mass is 10.2. The van der Waals surface area contributed by atoms with Gasteiger partial charge in [0.1, 0.15) is 0 Å². The second-order valence-electron chi connectivity index (χ2n) is 4.67. The van der Waals surface area contributed by atoms with Gasteiger partial charge in [0, 0.05) is 29.7 Å². The number of nitrogens with two attached hydrogens (primary N) is 1. The smallest absolute Gasteiger partial charge is 0.257 e. The van der Waals surface area contributed by atoms with Crippen molar-refractivity contribution in [3.8, 4) is 0 Å². The molecule has 1 aromatic carbocycles. The van der Waals surface area contributed by atoms with Crippen LogP contribution in [0.2, 0.25) is 5.02 Å². The Hall–Kier alpha value is -1.43. The molecule has 0 radical (unpaired) electrons. The minimum atomic E-state index is -0.412. The molecular formula is C13H16ClN3O2. The molecule has 2 amide bonds. The van der Waals surface area contributed by atoms with Crippen LogP contribution in [0.4, 0.5) is 0 Å². The molecule has 0 bridgehead atoms. The van der Waals surface area contributed by atoms with Crippen LogP contribution < -0.4 is 11.1 Å². The predicted molar refractivity (Wildman–Crippen MR) is 73.0 cm³/mol. The number of likely N-dealkylation sites (tertiary alicyclic amines) is 1. The molecule has 1 aliphatic heterocycles. The quantitative estimate of drug-likeness (QED) is 0.852. The number of benzene rings is 1. The number of carbonyl (C=O) groups is 2. The molecule has 5 nitrogen and oxygen atoms in total. The predicted octanol–water partition coefficient (Wildman–Crippen LogP) is 0.629. The summed E-state index contributed by atoms with van der Waals surface area (Å²) in [6.07, 6.45) is 0.887. The molecule has 0 aliphatic carbocycles. The van der Waals surface area contributed by atoms with Crippen LogP contribution in [0.15, 0.2) is 24.3 Å². The number of rotatable bonds is 3. The molecule has 3 N–H and O–H groups in total. The molecule has 102 valence electrons. The van der Waals surface area contributed by atoms with Gasteiger partial charge in [0.2, 0.25) is 5.91 Å². The number of amides is 2. The Bertz CT molecular complexity index is 475. The summed E-state index contributed by atoms with van der Waals surface area (Å²) in [5.74, 6) is -0.723. The van der Waals surface area contributed by atoms with Crippen LogP contribution in [0.3, 0.4) is 0 Å². The number of carbonyl (C=O) groups excluding carboxylic acids is 2. The van der Waals surface area contributed by atoms with Crippen LogP contribution in [0.5, 0.6) is 0 Å². The fourth-order valence-electron chi connectivity index (χ4n) is 2.05. The molecular weight excluding hydrogens is 266 g/mol. The third-order valence-corrected chi connectivity index (χ3v) is 3.29. The van der Waals surface area contributed by atoms with E-state index in [2.05, 4.69) is 5.32 Å². The average Bonchev–Trinajstić information content (AvgIpc) is 2.75. The second-order valence-corrected chi connectivity index (χ2v) is 5.10. The van der Waals surface area contributed by atoms with E-state index in [0.29, 0.717) is 17.1 Å². The highest BCUT2D eigenvalue weighted by atomic mass is 35.5. The first kappa shape index (κ1) is 14.0. The monoisotopic (exact) mass is 281 g/mol. The van der Waals surface area contributed by atoms with Gasteiger partial charge in [0.05, 0.1) is 6.54 Å². The molecule has 1 saturated heterocycles. The fourth-order valence-corrected chi connectivity index (χ4v) is 2.17. The Morgan fingerprint density at radius 2 is 2.05 bits per heavy atom. The van der Waals surface area contributed by atoms with Crippen LogP contribution in [0.1, 0.15) is 16.8 Å². The second kappa shape index (κ2) is 6.14. The van der Waals surface area contributed by atoms with E-state index in [0.717, 1.165) is 13.0 Å². The fraction of sp³-hybridized carbons (Fsp3) is 0.385. The third kappa shape index (κ3) is 4.02. The lowest BCUT2D eigenvalue weighted by molar-refractivity contribution is -0.121. The SMILES string of the molecule is N[C@H]1CCN(CC(=O)NC(=O)c2ccc(Cl)cc2)C1. The molecule has 19 heavy (non-hydrogen) atoms. The van der Waals surface area contributed by atoms with Crippen molar-refractivity contribution in [2.75, 3.05) is 19.6 Å². The zero-order chi connectivity index (χ0) is 13.8. The van der Waals surface area contributed by atoms with Gasteiger partial charge in [-0.3, -0.25) is 19.8 Å². The summed E-state index contributed by atoms with van der Waals surface area (Å²) >= 11 is 5.73. The molecule has 2 rings (SSSR count). The number of hydrogen-bond acceptors (Lipinski definition) is 4. The minimum Gasteiger partial charge on any atom is -0.326 e. The zero-order valence-electron chi connectivity index (χ0n) is 10.4. The molecule has 0 aromatic heterocycles. The number of nitrogens with one attached hydrogen (secondary N) is 1. The Balaban J connectivity index is 1.85. The highest BCUT2D eigenvalue weighted by molar-refractivity contribution is 6.30. The highest BCUT2D eigenvalue weighted by Gasteiger charge is 2.21. The Morgan fingerprint density at radius 1 is 1.37 bits per heavy atom.